The van der Waals surface area contributed by atoms with Gasteiger partial charge in [0.25, 0.3) is 0 Å². The van der Waals surface area contributed by atoms with Crippen LogP contribution in [-0.4, -0.2) is 19.3 Å². The minimum Gasteiger partial charge on any atom is -0.372 e. The molecule has 0 aliphatic carbocycles. The Balaban J connectivity index is 2.58. The third kappa shape index (κ3) is 4.03. The molecular formula is C21H24FN3S. The average molecular weight is 370 g/mol. The van der Waals surface area contributed by atoms with Gasteiger partial charge in [-0.05, 0) is 61.7 Å². The maximum atomic E-state index is 14.2. The quantitative estimate of drug-likeness (QED) is 0.673. The van der Waals surface area contributed by atoms with Crippen molar-refractivity contribution in [2.45, 2.75) is 26.8 Å². The summed E-state index contributed by atoms with van der Waals surface area (Å²) in [7, 11) is 2.03. The molecule has 0 aromatic heterocycles. The summed E-state index contributed by atoms with van der Waals surface area (Å²) < 4.78 is 17.4. The molecule has 2 rings (SSSR count). The van der Waals surface area contributed by atoms with Crippen LogP contribution in [0.4, 0.5) is 15.8 Å². The molecular weight excluding hydrogens is 345 g/mol. The molecule has 5 heteroatoms. The molecule has 0 aliphatic heterocycles. The van der Waals surface area contributed by atoms with Crippen LogP contribution in [0.15, 0.2) is 36.9 Å². The van der Waals surface area contributed by atoms with Crippen molar-refractivity contribution in [2.24, 2.45) is 0 Å². The topological polar surface area (TPSA) is 39.1 Å². The maximum Gasteiger partial charge on any atom is 0.141 e. The highest BCUT2D eigenvalue weighted by Gasteiger charge is 2.17. The van der Waals surface area contributed by atoms with Crippen LogP contribution >= 0.6 is 11.9 Å². The van der Waals surface area contributed by atoms with Crippen molar-refractivity contribution >= 4 is 28.9 Å². The fourth-order valence-corrected chi connectivity index (χ4v) is 3.14. The normalized spacial score (nSPS) is 10.5. The second kappa shape index (κ2) is 8.29. The van der Waals surface area contributed by atoms with E-state index in [1.54, 1.807) is 6.07 Å². The first-order valence-electron chi connectivity index (χ1n) is 8.35. The molecule has 0 bridgehead atoms. The van der Waals surface area contributed by atoms with E-state index >= 15 is 0 Å². The third-order valence-corrected chi connectivity index (χ3v) is 4.90. The summed E-state index contributed by atoms with van der Waals surface area (Å²) in [6.45, 7) is 10.3. The molecule has 0 saturated carbocycles. The van der Waals surface area contributed by atoms with Gasteiger partial charge in [0.15, 0.2) is 0 Å². The highest BCUT2D eigenvalue weighted by Crippen LogP contribution is 2.35. The monoisotopic (exact) mass is 369 g/mol. The van der Waals surface area contributed by atoms with Crippen molar-refractivity contribution in [2.75, 3.05) is 22.9 Å². The van der Waals surface area contributed by atoms with Gasteiger partial charge in [-0.25, -0.2) is 4.39 Å². The van der Waals surface area contributed by atoms with Gasteiger partial charge in [0.2, 0.25) is 0 Å². The van der Waals surface area contributed by atoms with Gasteiger partial charge in [0.1, 0.15) is 11.9 Å². The Morgan fingerprint density at radius 1 is 1.27 bits per heavy atom. The number of nitrogens with zero attached hydrogens (tertiary/aromatic N) is 2. The number of nitrogens with one attached hydrogen (secondary N) is 1. The highest BCUT2D eigenvalue weighted by molar-refractivity contribution is 7.99. The lowest BCUT2D eigenvalue weighted by molar-refractivity contribution is 0.623. The van der Waals surface area contributed by atoms with E-state index in [1.165, 1.54) is 18.0 Å². The number of rotatable bonds is 6. The van der Waals surface area contributed by atoms with Crippen LogP contribution in [0.5, 0.6) is 0 Å². The first-order chi connectivity index (χ1) is 12.3. The number of halogens is 1. The van der Waals surface area contributed by atoms with E-state index in [2.05, 4.69) is 36.1 Å². The number of benzene rings is 2. The van der Waals surface area contributed by atoms with Gasteiger partial charge in [-0.1, -0.05) is 24.6 Å². The zero-order chi connectivity index (χ0) is 19.4. The summed E-state index contributed by atoms with van der Waals surface area (Å²) in [6, 6.07) is 11.2. The Bertz CT molecular complexity index is 868. The van der Waals surface area contributed by atoms with E-state index in [-0.39, 0.29) is 5.56 Å². The predicted octanol–water partition coefficient (Wildman–Crippen LogP) is 5.60. The zero-order valence-corrected chi connectivity index (χ0v) is 16.7. The molecule has 0 amide bonds. The maximum absolute atomic E-state index is 14.2. The Morgan fingerprint density at radius 2 is 1.96 bits per heavy atom. The minimum absolute atomic E-state index is 0.0538. The zero-order valence-electron chi connectivity index (χ0n) is 15.9. The van der Waals surface area contributed by atoms with Crippen molar-refractivity contribution in [3.05, 3.63) is 65.0 Å². The summed E-state index contributed by atoms with van der Waals surface area (Å²) in [5, 5.41) is 9.02. The summed E-state index contributed by atoms with van der Waals surface area (Å²) in [6.07, 6.45) is 1.97. The molecule has 0 heterocycles. The lowest BCUT2D eigenvalue weighted by Gasteiger charge is -2.28. The molecule has 2 aromatic carbocycles. The molecule has 1 N–H and O–H groups in total. The Kier molecular flexibility index (Phi) is 6.33. The second-order valence-electron chi connectivity index (χ2n) is 6.48. The smallest absolute Gasteiger partial charge is 0.141 e. The summed E-state index contributed by atoms with van der Waals surface area (Å²) in [5.41, 5.74) is 5.30. The largest absolute Gasteiger partial charge is 0.372 e. The van der Waals surface area contributed by atoms with Crippen molar-refractivity contribution in [1.29, 1.82) is 5.26 Å². The van der Waals surface area contributed by atoms with E-state index in [9.17, 15) is 4.39 Å². The second-order valence-corrected chi connectivity index (χ2v) is 7.09. The summed E-state index contributed by atoms with van der Waals surface area (Å²) in [4.78, 5) is 2.17. The standard InChI is InChI=1S/C21H24FN3S/c1-13(2)25(5)21-10-17(24-26-6)7-8-18(21)15(4)19-11-20(22)16(12-23)9-14(19)3/h7-11,13,24H,4H2,1-3,5-6H3. The number of anilines is 2. The number of aryl methyl sites for hydroxylation is 1. The van der Waals surface area contributed by atoms with E-state index in [0.717, 1.165) is 28.1 Å². The third-order valence-electron chi connectivity index (χ3n) is 4.46. The average Bonchev–Trinajstić information content (AvgIpc) is 2.62. The van der Waals surface area contributed by atoms with Crippen LogP contribution in [0.1, 0.15) is 36.1 Å². The van der Waals surface area contributed by atoms with Gasteiger partial charge in [-0.2, -0.15) is 5.26 Å². The fraction of sp³-hybridized carbons (Fsp3) is 0.286. The van der Waals surface area contributed by atoms with Gasteiger partial charge in [-0.15, -0.1) is 0 Å². The van der Waals surface area contributed by atoms with Crippen molar-refractivity contribution in [1.82, 2.24) is 0 Å². The number of hydrogen-bond acceptors (Lipinski definition) is 4. The van der Waals surface area contributed by atoms with Crippen LogP contribution in [-0.2, 0) is 0 Å². The molecule has 26 heavy (non-hydrogen) atoms. The molecule has 0 saturated heterocycles. The van der Waals surface area contributed by atoms with Gasteiger partial charge < -0.3 is 9.62 Å². The SMILES string of the molecule is C=C(c1cc(F)c(C#N)cc1C)c1ccc(NSC)cc1N(C)C(C)C. The first kappa shape index (κ1) is 19.9. The highest BCUT2D eigenvalue weighted by atomic mass is 32.2. The predicted molar refractivity (Wildman–Crippen MR) is 111 cm³/mol. The van der Waals surface area contributed by atoms with Crippen molar-refractivity contribution in [3.63, 3.8) is 0 Å². The lowest BCUT2D eigenvalue weighted by Crippen LogP contribution is -2.26. The van der Waals surface area contributed by atoms with E-state index in [1.807, 2.05) is 38.4 Å². The minimum atomic E-state index is -0.520. The first-order valence-corrected chi connectivity index (χ1v) is 9.58. The van der Waals surface area contributed by atoms with Gasteiger partial charge in [0, 0.05) is 36.3 Å². The number of hydrogen-bond donors (Lipinski definition) is 1. The molecule has 136 valence electrons. The Hall–Kier alpha value is -2.45. The van der Waals surface area contributed by atoms with Crippen LogP contribution in [0, 0.1) is 24.1 Å². The van der Waals surface area contributed by atoms with E-state index in [0.29, 0.717) is 11.6 Å². The van der Waals surface area contributed by atoms with E-state index in [4.69, 9.17) is 5.26 Å². The van der Waals surface area contributed by atoms with Gasteiger partial charge in [-0.3, -0.25) is 0 Å². The molecule has 0 fully saturated rings. The van der Waals surface area contributed by atoms with Gasteiger partial charge >= 0.3 is 0 Å². The Morgan fingerprint density at radius 3 is 2.54 bits per heavy atom. The Labute approximate surface area is 159 Å². The van der Waals surface area contributed by atoms with Crippen LogP contribution in [0.3, 0.4) is 0 Å². The van der Waals surface area contributed by atoms with Crippen molar-refractivity contribution < 1.29 is 4.39 Å². The van der Waals surface area contributed by atoms with Gasteiger partial charge in [0.05, 0.1) is 5.56 Å². The fourth-order valence-electron chi connectivity index (χ4n) is 2.78. The van der Waals surface area contributed by atoms with Crippen LogP contribution in [0.25, 0.3) is 5.57 Å². The van der Waals surface area contributed by atoms with Crippen LogP contribution in [0.2, 0.25) is 0 Å². The summed E-state index contributed by atoms with van der Waals surface area (Å²) >= 11 is 1.53. The molecule has 0 aliphatic rings. The molecule has 0 atom stereocenters. The number of nitriles is 1. The molecule has 0 spiro atoms. The molecule has 3 nitrogen and oxygen atoms in total. The lowest BCUT2D eigenvalue weighted by atomic mass is 9.92. The summed E-state index contributed by atoms with van der Waals surface area (Å²) in [5.74, 6) is -0.520. The molecule has 0 radical (unpaired) electrons. The van der Waals surface area contributed by atoms with Crippen molar-refractivity contribution in [3.8, 4) is 6.07 Å². The molecule has 2 aromatic rings. The van der Waals surface area contributed by atoms with Crippen LogP contribution < -0.4 is 9.62 Å². The molecule has 0 unspecified atom stereocenters. The van der Waals surface area contributed by atoms with E-state index < -0.39 is 5.82 Å².